The number of ether oxygens (including phenoxy) is 1. The van der Waals surface area contributed by atoms with E-state index in [1.54, 1.807) is 6.20 Å². The Balaban J connectivity index is 2.22. The number of hydrogen-bond donors (Lipinski definition) is 3. The van der Waals surface area contributed by atoms with Gasteiger partial charge in [0.2, 0.25) is 0 Å². The predicted octanol–water partition coefficient (Wildman–Crippen LogP) is 0.724. The Morgan fingerprint density at radius 1 is 1.60 bits per heavy atom. The van der Waals surface area contributed by atoms with Crippen LogP contribution in [0.25, 0.3) is 0 Å². The third kappa shape index (κ3) is 5.30. The summed E-state index contributed by atoms with van der Waals surface area (Å²) in [6, 6.07) is 0. The number of phosphoric ester groups is 1. The molecule has 1 aliphatic rings. The molecule has 7 heteroatoms. The minimum Gasteiger partial charge on any atom is -0.367 e. The molecule has 1 aliphatic heterocycles. The maximum atomic E-state index is 10.4. The molecule has 6 nitrogen and oxygen atoms in total. The van der Waals surface area contributed by atoms with Crippen LogP contribution in [0.15, 0.2) is 12.3 Å². The lowest BCUT2D eigenvalue weighted by molar-refractivity contribution is 0.00264. The van der Waals surface area contributed by atoms with Crippen LogP contribution >= 0.6 is 7.82 Å². The minimum atomic E-state index is -4.37. The molecule has 1 saturated heterocycles. The van der Waals surface area contributed by atoms with Crippen LogP contribution in [0.4, 0.5) is 0 Å². The summed E-state index contributed by atoms with van der Waals surface area (Å²) >= 11 is 0. The third-order valence-corrected chi connectivity index (χ3v) is 2.47. The zero-order valence-corrected chi connectivity index (χ0v) is 9.39. The maximum absolute atomic E-state index is 10.4. The first-order valence-corrected chi connectivity index (χ1v) is 6.27. The van der Waals surface area contributed by atoms with Gasteiger partial charge in [0, 0.05) is 0 Å². The molecule has 0 bridgehead atoms. The second-order valence-corrected chi connectivity index (χ2v) is 4.52. The van der Waals surface area contributed by atoms with E-state index in [2.05, 4.69) is 9.84 Å². The SMILES string of the molecule is C/C=C\NC1CCC(COP(=O)(O)O)O1. The number of hydrogen-bond acceptors (Lipinski definition) is 4. The molecule has 88 valence electrons. The van der Waals surface area contributed by atoms with Crippen molar-refractivity contribution in [3.05, 3.63) is 12.3 Å². The Kier molecular flexibility index (Phi) is 4.76. The van der Waals surface area contributed by atoms with E-state index >= 15 is 0 Å². The highest BCUT2D eigenvalue weighted by Gasteiger charge is 2.27. The molecule has 0 radical (unpaired) electrons. The number of nitrogens with one attached hydrogen (secondary N) is 1. The zero-order chi connectivity index (χ0) is 11.3. The first-order valence-electron chi connectivity index (χ1n) is 4.74. The normalized spacial score (nSPS) is 27.4. The lowest BCUT2D eigenvalue weighted by atomic mass is 10.2. The van der Waals surface area contributed by atoms with Gasteiger partial charge in [-0.3, -0.25) is 4.52 Å². The Labute approximate surface area is 88.5 Å². The lowest BCUT2D eigenvalue weighted by Gasteiger charge is -2.14. The summed E-state index contributed by atoms with van der Waals surface area (Å²) in [5.74, 6) is 0. The highest BCUT2D eigenvalue weighted by Crippen LogP contribution is 2.36. The van der Waals surface area contributed by atoms with Crippen molar-refractivity contribution in [2.24, 2.45) is 0 Å². The van der Waals surface area contributed by atoms with Crippen molar-refractivity contribution in [3.8, 4) is 0 Å². The highest BCUT2D eigenvalue weighted by atomic mass is 31.2. The van der Waals surface area contributed by atoms with Gasteiger partial charge in [-0.15, -0.1) is 0 Å². The van der Waals surface area contributed by atoms with E-state index in [0.29, 0.717) is 0 Å². The van der Waals surface area contributed by atoms with Crippen LogP contribution in [0.5, 0.6) is 0 Å². The Morgan fingerprint density at radius 2 is 2.33 bits per heavy atom. The molecule has 0 aliphatic carbocycles. The van der Waals surface area contributed by atoms with Crippen molar-refractivity contribution in [2.45, 2.75) is 32.1 Å². The average Bonchev–Trinajstić information content (AvgIpc) is 2.58. The van der Waals surface area contributed by atoms with Gasteiger partial charge in [-0.25, -0.2) is 4.57 Å². The van der Waals surface area contributed by atoms with Crippen molar-refractivity contribution < 1.29 is 23.6 Å². The van der Waals surface area contributed by atoms with E-state index in [4.69, 9.17) is 14.5 Å². The third-order valence-electron chi connectivity index (χ3n) is 1.98. The number of phosphoric acid groups is 1. The minimum absolute atomic E-state index is 0.0711. The van der Waals surface area contributed by atoms with Crippen LogP contribution in [0, 0.1) is 0 Å². The Morgan fingerprint density at radius 3 is 2.93 bits per heavy atom. The summed E-state index contributed by atoms with van der Waals surface area (Å²) in [6.45, 7) is 1.81. The molecule has 1 rings (SSSR count). The van der Waals surface area contributed by atoms with Crippen LogP contribution in [-0.2, 0) is 13.8 Å². The number of allylic oxidation sites excluding steroid dienone is 1. The van der Waals surface area contributed by atoms with E-state index in [1.807, 2.05) is 13.0 Å². The molecule has 1 heterocycles. The Hall–Kier alpha value is -0.390. The van der Waals surface area contributed by atoms with E-state index in [0.717, 1.165) is 12.8 Å². The second-order valence-electron chi connectivity index (χ2n) is 3.28. The van der Waals surface area contributed by atoms with Crippen molar-refractivity contribution in [1.82, 2.24) is 5.32 Å². The van der Waals surface area contributed by atoms with Crippen LogP contribution in [0.3, 0.4) is 0 Å². The molecule has 0 spiro atoms. The van der Waals surface area contributed by atoms with E-state index in [-0.39, 0.29) is 18.9 Å². The van der Waals surface area contributed by atoms with Crippen molar-refractivity contribution in [3.63, 3.8) is 0 Å². The molecule has 2 unspecified atom stereocenters. The summed E-state index contributed by atoms with van der Waals surface area (Å²) in [7, 11) is -4.37. The smallest absolute Gasteiger partial charge is 0.367 e. The van der Waals surface area contributed by atoms with Gasteiger partial charge in [0.25, 0.3) is 0 Å². The molecule has 2 atom stereocenters. The second kappa shape index (κ2) is 5.63. The van der Waals surface area contributed by atoms with E-state index in [9.17, 15) is 4.57 Å². The van der Waals surface area contributed by atoms with Gasteiger partial charge in [0.15, 0.2) is 0 Å². The average molecular weight is 237 g/mol. The molecular weight excluding hydrogens is 221 g/mol. The molecule has 0 aromatic rings. The zero-order valence-electron chi connectivity index (χ0n) is 8.50. The maximum Gasteiger partial charge on any atom is 0.469 e. The molecule has 3 N–H and O–H groups in total. The van der Waals surface area contributed by atoms with Gasteiger partial charge in [0.05, 0.1) is 12.7 Å². The first kappa shape index (κ1) is 12.7. The fraction of sp³-hybridized carbons (Fsp3) is 0.750. The topological polar surface area (TPSA) is 88.0 Å². The van der Waals surface area contributed by atoms with E-state index < -0.39 is 7.82 Å². The van der Waals surface area contributed by atoms with Crippen LogP contribution in [0.1, 0.15) is 19.8 Å². The number of rotatable bonds is 5. The monoisotopic (exact) mass is 237 g/mol. The Bertz CT molecular complexity index is 264. The molecule has 0 aromatic carbocycles. The van der Waals surface area contributed by atoms with Crippen molar-refractivity contribution in [1.29, 1.82) is 0 Å². The van der Waals surface area contributed by atoms with E-state index in [1.165, 1.54) is 0 Å². The van der Waals surface area contributed by atoms with Gasteiger partial charge in [0.1, 0.15) is 6.23 Å². The molecule has 1 fully saturated rings. The molecular formula is C8H16NO5P. The largest absolute Gasteiger partial charge is 0.469 e. The van der Waals surface area contributed by atoms with Crippen LogP contribution in [0.2, 0.25) is 0 Å². The van der Waals surface area contributed by atoms with Gasteiger partial charge < -0.3 is 19.8 Å². The molecule has 0 saturated carbocycles. The standard InChI is InChI=1S/C8H16NO5P/c1-2-5-9-8-4-3-7(14-8)6-13-15(10,11)12/h2,5,7-9H,3-4,6H2,1H3,(H2,10,11,12)/b5-2-. The van der Waals surface area contributed by atoms with Crippen molar-refractivity contribution in [2.75, 3.05) is 6.61 Å². The molecule has 0 amide bonds. The summed E-state index contributed by atoms with van der Waals surface area (Å²) < 4.78 is 20.2. The van der Waals surface area contributed by atoms with Gasteiger partial charge >= 0.3 is 7.82 Å². The molecule has 0 aromatic heterocycles. The fourth-order valence-corrected chi connectivity index (χ4v) is 1.70. The van der Waals surface area contributed by atoms with Gasteiger partial charge in [-0.05, 0) is 26.0 Å². The summed E-state index contributed by atoms with van der Waals surface area (Å²) in [5.41, 5.74) is 0. The predicted molar refractivity (Wildman–Crippen MR) is 53.8 cm³/mol. The van der Waals surface area contributed by atoms with Crippen molar-refractivity contribution >= 4 is 7.82 Å². The highest BCUT2D eigenvalue weighted by molar-refractivity contribution is 7.46. The summed E-state index contributed by atoms with van der Waals surface area (Å²) in [6.07, 6.45) is 4.82. The quantitative estimate of drug-likeness (QED) is 0.611. The lowest BCUT2D eigenvalue weighted by Crippen LogP contribution is -2.25. The first-order chi connectivity index (χ1) is 7.01. The fourth-order valence-electron chi connectivity index (χ4n) is 1.33. The van der Waals surface area contributed by atoms with Gasteiger partial charge in [-0.2, -0.15) is 0 Å². The van der Waals surface area contributed by atoms with Crippen LogP contribution in [-0.4, -0.2) is 28.7 Å². The van der Waals surface area contributed by atoms with Crippen LogP contribution < -0.4 is 5.32 Å². The summed E-state index contributed by atoms with van der Waals surface area (Å²) in [4.78, 5) is 17.0. The molecule has 15 heavy (non-hydrogen) atoms. The summed E-state index contributed by atoms with van der Waals surface area (Å²) in [5, 5.41) is 3.01. The van der Waals surface area contributed by atoms with Gasteiger partial charge in [-0.1, -0.05) is 6.08 Å².